The number of hydrogen-bond donors (Lipinski definition) is 3. The van der Waals surface area contributed by atoms with Gasteiger partial charge in [-0.3, -0.25) is 0 Å². The number of rotatable bonds is 69. The van der Waals surface area contributed by atoms with Crippen LogP contribution in [0.1, 0.15) is 498 Å². The van der Waals surface area contributed by atoms with Crippen molar-refractivity contribution in [2.45, 2.75) is 600 Å². The second-order valence-corrected chi connectivity index (χ2v) is 52.1. The van der Waals surface area contributed by atoms with Crippen LogP contribution in [0.3, 0.4) is 0 Å². The van der Waals surface area contributed by atoms with E-state index in [0.717, 1.165) is 51.6 Å². The Labute approximate surface area is 735 Å². The van der Waals surface area contributed by atoms with Crippen LogP contribution in [-0.4, -0.2) is 122 Å². The van der Waals surface area contributed by atoms with E-state index in [-0.39, 0.29) is 53.1 Å². The Kier molecular flexibility index (Phi) is 69.4. The van der Waals surface area contributed by atoms with E-state index in [2.05, 4.69) is 166 Å². The predicted octanol–water partition coefficient (Wildman–Crippen LogP) is 32.2. The van der Waals surface area contributed by atoms with E-state index >= 15 is 0 Å². The minimum Gasteiger partial charge on any atom is -0.417 e. The molecule has 3 fully saturated rings. The van der Waals surface area contributed by atoms with Crippen LogP contribution >= 0.6 is 22.6 Å². The fraction of sp³-hybridized carbons (Fsp3) is 1.00. The average molecular weight is 1780 g/mol. The standard InChI is InChI=1S/C29H60O3Si.C26H56O3Si.C23H45IO2.C23H46O3/c1-10-11-12-13-14-15-16-17-18-19-20-21-22-26-27(32-29(6,7)31-26)25(2)23-24-30-33(8,9)28(3,4)5;1-8-9-10-11-12-13-14-15-16-17-18-19-20-24(27)25(28)23(2)21-22-29-30(6,7)26(3,4)5;2*1-5-6-7-8-9-10-11-12-13-14-15-16-17-21-22(20(2)18-19-24)26-23(3,4)25-21/h25-27H,10-24H2,1-9H3;23-25,27-28H,8-22H2,1-7H3;20-22H,5-19H2,1-4H3;20-22,24H,5-19H2,1-4H3/t25-,26?,27-;23-,24+,25-;2*20-,21?,22-/m0000/s1. The van der Waals surface area contributed by atoms with E-state index in [0.29, 0.717) is 36.9 Å². The van der Waals surface area contributed by atoms with Gasteiger partial charge in [-0.05, 0) is 157 Å². The molecule has 0 aromatic rings. The zero-order valence-corrected chi connectivity index (χ0v) is 86.0. The highest BCUT2D eigenvalue weighted by Crippen LogP contribution is 2.42. The quantitative estimate of drug-likeness (QED) is 0.0233. The lowest BCUT2D eigenvalue weighted by molar-refractivity contribution is -0.151. The molecule has 0 aromatic carbocycles. The minimum absolute atomic E-state index is 0.0714. The topological polar surface area (TPSA) is 135 Å². The summed E-state index contributed by atoms with van der Waals surface area (Å²) in [6, 6.07) is 0. The molecule has 0 spiro atoms. The molecule has 14 heteroatoms. The molecule has 12 atom stereocenters. The number of aliphatic hydroxyl groups excluding tert-OH is 3. The summed E-state index contributed by atoms with van der Waals surface area (Å²) < 4.78 is 51.2. The van der Waals surface area contributed by atoms with E-state index in [1.807, 2.05) is 20.8 Å². The summed E-state index contributed by atoms with van der Waals surface area (Å²) in [6.07, 6.45) is 74.0. The molecule has 115 heavy (non-hydrogen) atoms. The first-order valence-corrected chi connectivity index (χ1v) is 57.6. The Bertz CT molecular complexity index is 2070. The van der Waals surface area contributed by atoms with Crippen molar-refractivity contribution in [3.8, 4) is 0 Å². The molecule has 3 rings (SSSR count). The van der Waals surface area contributed by atoms with Gasteiger partial charge in [-0.1, -0.05) is 428 Å². The maximum atomic E-state index is 10.5. The Morgan fingerprint density at radius 2 is 0.548 bits per heavy atom. The smallest absolute Gasteiger partial charge is 0.191 e. The molecule has 0 saturated carbocycles. The third-order valence-corrected chi connectivity index (χ3v) is 36.2. The first kappa shape index (κ1) is 116. The number of halogens is 1. The van der Waals surface area contributed by atoms with Crippen LogP contribution in [0.15, 0.2) is 0 Å². The van der Waals surface area contributed by atoms with Gasteiger partial charge in [0.1, 0.15) is 0 Å². The molecule has 0 aromatic heterocycles. The molecule has 3 aliphatic rings. The fourth-order valence-corrected chi connectivity index (χ4v) is 19.6. The first-order chi connectivity index (χ1) is 54.4. The van der Waals surface area contributed by atoms with Crippen LogP contribution in [0.2, 0.25) is 36.3 Å². The van der Waals surface area contributed by atoms with Crippen LogP contribution < -0.4 is 0 Å². The van der Waals surface area contributed by atoms with Crippen LogP contribution in [0.4, 0.5) is 0 Å². The number of alkyl halides is 1. The molecular formula is C101H207IO11Si2. The summed E-state index contributed by atoms with van der Waals surface area (Å²) in [4.78, 5) is 0. The average Bonchev–Trinajstić information content (AvgIpc) is 1.72. The zero-order chi connectivity index (χ0) is 86.5. The molecular weight excluding hydrogens is 1570 g/mol. The molecule has 3 unspecified atom stereocenters. The van der Waals surface area contributed by atoms with Gasteiger partial charge in [0.2, 0.25) is 0 Å². The molecule has 0 bridgehead atoms. The highest BCUT2D eigenvalue weighted by molar-refractivity contribution is 14.1. The van der Waals surface area contributed by atoms with Crippen molar-refractivity contribution >= 4 is 39.2 Å². The Morgan fingerprint density at radius 3 is 0.791 bits per heavy atom. The normalized spacial score (nSPS) is 21.1. The van der Waals surface area contributed by atoms with Gasteiger partial charge in [0.05, 0.1) is 48.8 Å². The molecule has 692 valence electrons. The Balaban J connectivity index is 0.00000151. The summed E-state index contributed by atoms with van der Waals surface area (Å²) in [5, 5.41) is 30.5. The highest BCUT2D eigenvalue weighted by Gasteiger charge is 2.46. The largest absolute Gasteiger partial charge is 0.417 e. The summed E-state index contributed by atoms with van der Waals surface area (Å²) in [5.74, 6) is 0.143. The molecule has 3 saturated heterocycles. The molecule has 0 aliphatic carbocycles. The van der Waals surface area contributed by atoms with Gasteiger partial charge < -0.3 is 52.6 Å². The van der Waals surface area contributed by atoms with Crippen LogP contribution in [-0.2, 0) is 37.3 Å². The highest BCUT2D eigenvalue weighted by atomic mass is 127. The molecule has 3 aliphatic heterocycles. The SMILES string of the molecule is CCCCCCCCCCCCCCC1OC(C)(C)O[C@H]1[C@@H](C)CCI.CCCCCCCCCCCCCCC1OC(C)(C)O[C@H]1[C@@H](C)CCO.CCCCCCCCCCCCCCC1OC(C)(C)O[C@H]1[C@@H](C)CCO[Si](C)(C)C(C)(C)C.CCCCCCCCCCCCCC[C@@H](O)[C@@H](O)[C@@H](C)CCO[Si](C)(C)C(C)(C)C. The van der Waals surface area contributed by atoms with Crippen LogP contribution in [0.25, 0.3) is 0 Å². The number of hydrogen-bond acceptors (Lipinski definition) is 11. The van der Waals surface area contributed by atoms with E-state index in [1.54, 1.807) is 0 Å². The van der Waals surface area contributed by atoms with E-state index in [4.69, 9.17) is 37.3 Å². The Morgan fingerprint density at radius 1 is 0.322 bits per heavy atom. The predicted molar refractivity (Wildman–Crippen MR) is 514 cm³/mol. The number of aliphatic hydroxyl groups is 3. The third-order valence-electron chi connectivity index (χ3n) is 26.5. The van der Waals surface area contributed by atoms with Gasteiger partial charge in [-0.25, -0.2) is 0 Å². The van der Waals surface area contributed by atoms with E-state index in [9.17, 15) is 15.3 Å². The second-order valence-electron chi connectivity index (χ2n) is 41.4. The van der Waals surface area contributed by atoms with Crippen LogP contribution in [0.5, 0.6) is 0 Å². The first-order valence-electron chi connectivity index (χ1n) is 50.3. The zero-order valence-electron chi connectivity index (χ0n) is 81.8. The second kappa shape index (κ2) is 68.9. The monoisotopic (exact) mass is 1780 g/mol. The lowest BCUT2D eigenvalue weighted by Crippen LogP contribution is -2.41. The molecule has 0 amide bonds. The minimum atomic E-state index is -1.73. The van der Waals surface area contributed by atoms with Crippen molar-refractivity contribution in [1.82, 2.24) is 0 Å². The molecule has 3 N–H and O–H groups in total. The summed E-state index contributed by atoms with van der Waals surface area (Å²) in [7, 11) is -3.41. The van der Waals surface area contributed by atoms with Crippen molar-refractivity contribution in [3.05, 3.63) is 0 Å². The molecule has 0 radical (unpaired) electrons. The Hall–Kier alpha value is 0.724. The van der Waals surface area contributed by atoms with E-state index < -0.39 is 46.2 Å². The maximum Gasteiger partial charge on any atom is 0.191 e. The fourth-order valence-electron chi connectivity index (χ4n) is 16.5. The van der Waals surface area contributed by atoms with Crippen molar-refractivity contribution in [1.29, 1.82) is 0 Å². The molecule has 3 heterocycles. The van der Waals surface area contributed by atoms with Gasteiger partial charge in [0.15, 0.2) is 34.0 Å². The number of unbranched alkanes of at least 4 members (excludes halogenated alkanes) is 44. The molecule has 11 nitrogen and oxygen atoms in total. The summed E-state index contributed by atoms with van der Waals surface area (Å²) in [6.45, 7) is 54.9. The van der Waals surface area contributed by atoms with Crippen molar-refractivity contribution in [3.63, 3.8) is 0 Å². The van der Waals surface area contributed by atoms with Crippen molar-refractivity contribution < 1.29 is 52.6 Å². The van der Waals surface area contributed by atoms with Crippen molar-refractivity contribution in [2.24, 2.45) is 23.7 Å². The van der Waals surface area contributed by atoms with Crippen molar-refractivity contribution in [2.75, 3.05) is 24.2 Å². The third kappa shape index (κ3) is 59.3. The van der Waals surface area contributed by atoms with E-state index in [1.165, 1.54) is 313 Å². The lowest BCUT2D eigenvalue weighted by atomic mass is 9.93. The van der Waals surface area contributed by atoms with Gasteiger partial charge in [-0.2, -0.15) is 0 Å². The maximum absolute atomic E-state index is 10.5. The van der Waals surface area contributed by atoms with Gasteiger partial charge in [0.25, 0.3) is 0 Å². The lowest BCUT2D eigenvalue weighted by Gasteiger charge is -2.36. The van der Waals surface area contributed by atoms with Gasteiger partial charge >= 0.3 is 0 Å². The summed E-state index contributed by atoms with van der Waals surface area (Å²) >= 11 is 2.47. The van der Waals surface area contributed by atoms with Crippen LogP contribution in [0, 0.1) is 23.7 Å². The number of ether oxygens (including phenoxy) is 6. The summed E-state index contributed by atoms with van der Waals surface area (Å²) in [5.41, 5.74) is 0. The van der Waals surface area contributed by atoms with Gasteiger partial charge in [-0.15, -0.1) is 0 Å². The van der Waals surface area contributed by atoms with Gasteiger partial charge in [0, 0.05) is 19.8 Å².